The topological polar surface area (TPSA) is 88.3 Å². The van der Waals surface area contributed by atoms with Crippen LogP contribution in [0.3, 0.4) is 0 Å². The molecule has 112 valence electrons. The molecule has 0 aliphatic carbocycles. The second-order valence-corrected chi connectivity index (χ2v) is 5.58. The van der Waals surface area contributed by atoms with Crippen LogP contribution in [0, 0.1) is 10.1 Å². The van der Waals surface area contributed by atoms with E-state index in [1.807, 2.05) is 12.1 Å². The molecule has 0 aliphatic rings. The number of fused-ring (bicyclic) bond motifs is 1. The van der Waals surface area contributed by atoms with E-state index in [-0.39, 0.29) is 18.1 Å². The van der Waals surface area contributed by atoms with Crippen LogP contribution in [0.2, 0.25) is 0 Å². The standard InChI is InChI=1S/C14H16BrN3O3/c15-11-5-4-10-8-13(18(20)21)14(17-12(10)9-11)16-6-2-1-3-7-19/h4-5,8-9,19H,1-3,6-7H2,(H,16,17). The largest absolute Gasteiger partial charge is 0.396 e. The highest BCUT2D eigenvalue weighted by molar-refractivity contribution is 9.10. The van der Waals surface area contributed by atoms with Crippen LogP contribution < -0.4 is 5.32 Å². The van der Waals surface area contributed by atoms with Crippen LogP contribution in [-0.2, 0) is 0 Å². The molecule has 0 unspecified atom stereocenters. The Morgan fingerprint density at radius 1 is 1.29 bits per heavy atom. The number of nitro groups is 1. The van der Waals surface area contributed by atoms with Gasteiger partial charge in [-0.3, -0.25) is 10.1 Å². The summed E-state index contributed by atoms with van der Waals surface area (Å²) < 4.78 is 0.880. The second kappa shape index (κ2) is 7.33. The van der Waals surface area contributed by atoms with E-state index in [1.54, 1.807) is 6.07 Å². The molecule has 0 atom stereocenters. The Balaban J connectivity index is 2.22. The van der Waals surface area contributed by atoms with E-state index >= 15 is 0 Å². The third kappa shape index (κ3) is 4.12. The Labute approximate surface area is 130 Å². The highest BCUT2D eigenvalue weighted by Crippen LogP contribution is 2.28. The van der Waals surface area contributed by atoms with Crippen LogP contribution in [0.15, 0.2) is 28.7 Å². The minimum atomic E-state index is -0.426. The number of rotatable bonds is 7. The first-order valence-corrected chi connectivity index (χ1v) is 7.50. The summed E-state index contributed by atoms with van der Waals surface area (Å²) in [6.45, 7) is 0.760. The lowest BCUT2D eigenvalue weighted by Crippen LogP contribution is -2.06. The predicted molar refractivity (Wildman–Crippen MR) is 85.5 cm³/mol. The summed E-state index contributed by atoms with van der Waals surface area (Å²) >= 11 is 3.37. The Morgan fingerprint density at radius 3 is 2.81 bits per heavy atom. The van der Waals surface area contributed by atoms with Crippen LogP contribution in [0.1, 0.15) is 19.3 Å². The number of aliphatic hydroxyl groups is 1. The highest BCUT2D eigenvalue weighted by Gasteiger charge is 2.16. The quantitative estimate of drug-likeness (QED) is 0.452. The number of unbranched alkanes of at least 4 members (excludes halogenated alkanes) is 2. The van der Waals surface area contributed by atoms with E-state index in [1.165, 1.54) is 6.07 Å². The minimum Gasteiger partial charge on any atom is -0.396 e. The van der Waals surface area contributed by atoms with Gasteiger partial charge in [-0.05, 0) is 31.4 Å². The lowest BCUT2D eigenvalue weighted by atomic mass is 10.2. The van der Waals surface area contributed by atoms with Gasteiger partial charge in [-0.2, -0.15) is 0 Å². The molecule has 0 saturated heterocycles. The van der Waals surface area contributed by atoms with Crippen molar-refractivity contribution in [2.45, 2.75) is 19.3 Å². The van der Waals surface area contributed by atoms with Crippen molar-refractivity contribution >= 4 is 38.3 Å². The molecule has 2 aromatic rings. The summed E-state index contributed by atoms with van der Waals surface area (Å²) in [7, 11) is 0. The summed E-state index contributed by atoms with van der Waals surface area (Å²) in [6.07, 6.45) is 2.44. The number of benzene rings is 1. The highest BCUT2D eigenvalue weighted by atomic mass is 79.9. The molecule has 7 heteroatoms. The first kappa shape index (κ1) is 15.7. The van der Waals surface area contributed by atoms with Crippen molar-refractivity contribution in [2.24, 2.45) is 0 Å². The lowest BCUT2D eigenvalue weighted by molar-refractivity contribution is -0.384. The van der Waals surface area contributed by atoms with Crippen molar-refractivity contribution in [3.05, 3.63) is 38.9 Å². The maximum atomic E-state index is 11.2. The predicted octanol–water partition coefficient (Wildman–Crippen LogP) is 3.48. The Kier molecular flexibility index (Phi) is 5.46. The van der Waals surface area contributed by atoms with Gasteiger partial charge in [0.25, 0.3) is 0 Å². The van der Waals surface area contributed by atoms with Gasteiger partial charge in [0.2, 0.25) is 5.82 Å². The number of nitrogens with one attached hydrogen (secondary N) is 1. The number of pyridine rings is 1. The van der Waals surface area contributed by atoms with E-state index in [0.717, 1.165) is 29.1 Å². The van der Waals surface area contributed by atoms with Gasteiger partial charge in [-0.15, -0.1) is 0 Å². The average Bonchev–Trinajstić information content (AvgIpc) is 2.46. The number of aromatic nitrogens is 1. The average molecular weight is 354 g/mol. The molecule has 0 amide bonds. The van der Waals surface area contributed by atoms with E-state index in [0.29, 0.717) is 12.1 Å². The Morgan fingerprint density at radius 2 is 2.10 bits per heavy atom. The van der Waals surface area contributed by atoms with Crippen LogP contribution in [0.4, 0.5) is 11.5 Å². The normalized spacial score (nSPS) is 10.8. The molecule has 2 N–H and O–H groups in total. The smallest absolute Gasteiger partial charge is 0.312 e. The fraction of sp³-hybridized carbons (Fsp3) is 0.357. The fourth-order valence-corrected chi connectivity index (χ4v) is 2.37. The van der Waals surface area contributed by atoms with Crippen molar-refractivity contribution in [2.75, 3.05) is 18.5 Å². The van der Waals surface area contributed by atoms with Crippen LogP contribution in [0.5, 0.6) is 0 Å². The molecule has 0 bridgehead atoms. The SMILES string of the molecule is O=[N+]([O-])c1cc2ccc(Br)cc2nc1NCCCCCO. The van der Waals surface area contributed by atoms with Crippen molar-refractivity contribution in [1.29, 1.82) is 0 Å². The van der Waals surface area contributed by atoms with Crippen molar-refractivity contribution < 1.29 is 10.0 Å². The zero-order valence-electron chi connectivity index (χ0n) is 11.4. The molecule has 1 aromatic carbocycles. The van der Waals surface area contributed by atoms with E-state index < -0.39 is 4.92 Å². The Hall–Kier alpha value is -1.73. The summed E-state index contributed by atoms with van der Waals surface area (Å²) in [4.78, 5) is 15.1. The van der Waals surface area contributed by atoms with Gasteiger partial charge in [0.1, 0.15) is 0 Å². The van der Waals surface area contributed by atoms with Gasteiger partial charge in [-0.25, -0.2) is 4.98 Å². The van der Waals surface area contributed by atoms with Crippen molar-refractivity contribution in [1.82, 2.24) is 4.98 Å². The Bertz CT molecular complexity index is 649. The van der Waals surface area contributed by atoms with Crippen LogP contribution in [0.25, 0.3) is 10.9 Å². The number of nitrogens with zero attached hydrogens (tertiary/aromatic N) is 2. The lowest BCUT2D eigenvalue weighted by Gasteiger charge is -2.08. The molecule has 0 radical (unpaired) electrons. The molecule has 0 fully saturated rings. The van der Waals surface area contributed by atoms with Crippen LogP contribution >= 0.6 is 15.9 Å². The zero-order valence-corrected chi connectivity index (χ0v) is 13.0. The first-order chi connectivity index (χ1) is 10.1. The number of halogens is 1. The monoisotopic (exact) mass is 353 g/mol. The van der Waals surface area contributed by atoms with Crippen LogP contribution in [-0.4, -0.2) is 28.2 Å². The van der Waals surface area contributed by atoms with Gasteiger partial charge in [-0.1, -0.05) is 22.0 Å². The third-order valence-electron chi connectivity index (χ3n) is 3.08. The molecule has 0 aliphatic heterocycles. The molecule has 2 rings (SSSR count). The molecule has 1 aromatic heterocycles. The minimum absolute atomic E-state index is 0.0213. The number of anilines is 1. The van der Waals surface area contributed by atoms with E-state index in [9.17, 15) is 10.1 Å². The summed E-state index contributed by atoms with van der Waals surface area (Å²) in [5, 5.41) is 23.6. The summed E-state index contributed by atoms with van der Waals surface area (Å²) in [5.41, 5.74) is 0.680. The zero-order chi connectivity index (χ0) is 15.2. The maximum Gasteiger partial charge on any atom is 0.312 e. The van der Waals surface area contributed by atoms with Crippen molar-refractivity contribution in [3.8, 4) is 0 Å². The molecular weight excluding hydrogens is 338 g/mol. The molecular formula is C14H16BrN3O3. The molecule has 1 heterocycles. The first-order valence-electron chi connectivity index (χ1n) is 6.71. The van der Waals surface area contributed by atoms with Gasteiger partial charge >= 0.3 is 5.69 Å². The van der Waals surface area contributed by atoms with Crippen molar-refractivity contribution in [3.63, 3.8) is 0 Å². The summed E-state index contributed by atoms with van der Waals surface area (Å²) in [5.74, 6) is 0.287. The van der Waals surface area contributed by atoms with E-state index in [4.69, 9.17) is 5.11 Å². The second-order valence-electron chi connectivity index (χ2n) is 4.66. The third-order valence-corrected chi connectivity index (χ3v) is 3.58. The number of hydrogen-bond acceptors (Lipinski definition) is 5. The number of aliphatic hydroxyl groups excluding tert-OH is 1. The summed E-state index contributed by atoms with van der Waals surface area (Å²) in [6, 6.07) is 6.99. The molecule has 21 heavy (non-hydrogen) atoms. The maximum absolute atomic E-state index is 11.2. The van der Waals surface area contributed by atoms with E-state index in [2.05, 4.69) is 26.2 Å². The van der Waals surface area contributed by atoms with Gasteiger partial charge in [0, 0.05) is 29.1 Å². The number of hydrogen-bond donors (Lipinski definition) is 2. The van der Waals surface area contributed by atoms with Gasteiger partial charge in [0.05, 0.1) is 10.4 Å². The fourth-order valence-electron chi connectivity index (χ4n) is 2.02. The van der Waals surface area contributed by atoms with Gasteiger partial charge < -0.3 is 10.4 Å². The van der Waals surface area contributed by atoms with Gasteiger partial charge in [0.15, 0.2) is 0 Å². The molecule has 0 spiro atoms. The molecule has 0 saturated carbocycles. The molecule has 6 nitrogen and oxygen atoms in total.